The maximum absolute atomic E-state index is 12.7. The zero-order valence-electron chi connectivity index (χ0n) is 12.7. The highest BCUT2D eigenvalue weighted by molar-refractivity contribution is 6.29. The Hall–Kier alpha value is -1.60. The lowest BCUT2D eigenvalue weighted by Crippen LogP contribution is -2.34. The SMILES string of the molecule is CC(C)(C)c1cc(C(=O)N(CCC#N)C2CC2)cc(Cl)n1. The van der Waals surface area contributed by atoms with Crippen LogP contribution in [0.5, 0.6) is 0 Å². The van der Waals surface area contributed by atoms with Crippen LogP contribution in [0, 0.1) is 11.3 Å². The minimum atomic E-state index is -0.170. The van der Waals surface area contributed by atoms with Gasteiger partial charge in [-0.15, -0.1) is 0 Å². The Kier molecular flexibility index (Phi) is 4.53. The fourth-order valence-corrected chi connectivity index (χ4v) is 2.39. The molecule has 1 aromatic heterocycles. The Morgan fingerprint density at radius 3 is 2.67 bits per heavy atom. The van der Waals surface area contributed by atoms with E-state index >= 15 is 0 Å². The van der Waals surface area contributed by atoms with Crippen LogP contribution >= 0.6 is 11.6 Å². The van der Waals surface area contributed by atoms with E-state index in [2.05, 4.69) is 11.1 Å². The number of nitrogens with zero attached hydrogens (tertiary/aromatic N) is 3. The number of hydrogen-bond acceptors (Lipinski definition) is 3. The first-order valence-electron chi connectivity index (χ1n) is 7.19. The molecule has 1 aliphatic rings. The van der Waals surface area contributed by atoms with Crippen molar-refractivity contribution in [1.29, 1.82) is 5.26 Å². The minimum Gasteiger partial charge on any atom is -0.335 e. The van der Waals surface area contributed by atoms with Crippen molar-refractivity contribution >= 4 is 17.5 Å². The van der Waals surface area contributed by atoms with Gasteiger partial charge in [-0.2, -0.15) is 5.26 Å². The standard InChI is InChI=1S/C16H20ClN3O/c1-16(2,3)13-9-11(10-14(17)19-13)15(21)20(8-4-7-18)12-5-6-12/h9-10,12H,4-6,8H2,1-3H3. The summed E-state index contributed by atoms with van der Waals surface area (Å²) in [6.07, 6.45) is 2.39. The first-order valence-corrected chi connectivity index (χ1v) is 7.56. The van der Waals surface area contributed by atoms with E-state index < -0.39 is 0 Å². The van der Waals surface area contributed by atoms with Gasteiger partial charge in [0.25, 0.3) is 5.91 Å². The van der Waals surface area contributed by atoms with Crippen molar-refractivity contribution in [3.05, 3.63) is 28.5 Å². The quantitative estimate of drug-likeness (QED) is 0.799. The van der Waals surface area contributed by atoms with Crippen LogP contribution in [0.15, 0.2) is 12.1 Å². The van der Waals surface area contributed by atoms with Gasteiger partial charge < -0.3 is 4.90 Å². The number of rotatable bonds is 4. The molecular weight excluding hydrogens is 286 g/mol. The predicted octanol–water partition coefficient (Wildman–Crippen LogP) is 3.55. The van der Waals surface area contributed by atoms with Gasteiger partial charge in [0, 0.05) is 29.3 Å². The van der Waals surface area contributed by atoms with Gasteiger partial charge in [-0.25, -0.2) is 4.98 Å². The van der Waals surface area contributed by atoms with E-state index in [4.69, 9.17) is 16.9 Å². The van der Waals surface area contributed by atoms with Gasteiger partial charge in [0.2, 0.25) is 0 Å². The maximum atomic E-state index is 12.7. The fourth-order valence-electron chi connectivity index (χ4n) is 2.18. The van der Waals surface area contributed by atoms with Gasteiger partial charge in [0.05, 0.1) is 12.5 Å². The van der Waals surface area contributed by atoms with Gasteiger partial charge in [-0.1, -0.05) is 32.4 Å². The molecule has 0 aromatic carbocycles. The molecule has 112 valence electrons. The summed E-state index contributed by atoms with van der Waals surface area (Å²) in [5, 5.41) is 9.08. The minimum absolute atomic E-state index is 0.0532. The van der Waals surface area contributed by atoms with E-state index in [0.717, 1.165) is 18.5 Å². The summed E-state index contributed by atoms with van der Waals surface area (Å²) in [5.74, 6) is -0.0532. The molecule has 1 fully saturated rings. The fraction of sp³-hybridized carbons (Fsp3) is 0.562. The van der Waals surface area contributed by atoms with Crippen LogP contribution in [0.3, 0.4) is 0 Å². The van der Waals surface area contributed by atoms with E-state index in [1.54, 1.807) is 11.0 Å². The summed E-state index contributed by atoms with van der Waals surface area (Å²) in [6.45, 7) is 6.58. The number of aromatic nitrogens is 1. The Labute approximate surface area is 130 Å². The molecule has 0 saturated heterocycles. The maximum Gasteiger partial charge on any atom is 0.254 e. The van der Waals surface area contributed by atoms with Crippen LogP contribution in [-0.2, 0) is 5.41 Å². The molecule has 0 spiro atoms. The number of amides is 1. The molecule has 0 N–H and O–H groups in total. The summed E-state index contributed by atoms with van der Waals surface area (Å²) < 4.78 is 0. The Morgan fingerprint density at radius 1 is 1.48 bits per heavy atom. The zero-order chi connectivity index (χ0) is 15.6. The third kappa shape index (κ3) is 3.95. The van der Waals surface area contributed by atoms with Crippen molar-refractivity contribution in [3.8, 4) is 6.07 Å². The number of nitriles is 1. The molecule has 1 heterocycles. The molecule has 21 heavy (non-hydrogen) atoms. The highest BCUT2D eigenvalue weighted by atomic mass is 35.5. The lowest BCUT2D eigenvalue weighted by molar-refractivity contribution is 0.0746. The normalized spacial score (nSPS) is 14.6. The van der Waals surface area contributed by atoms with E-state index in [-0.39, 0.29) is 17.4 Å². The molecule has 5 heteroatoms. The summed E-state index contributed by atoms with van der Waals surface area (Å²) in [7, 11) is 0. The first-order chi connectivity index (χ1) is 9.82. The van der Waals surface area contributed by atoms with Gasteiger partial charge in [-0.3, -0.25) is 4.79 Å². The molecule has 0 aliphatic heterocycles. The average Bonchev–Trinajstić information content (AvgIpc) is 3.22. The van der Waals surface area contributed by atoms with Gasteiger partial charge in [0.1, 0.15) is 5.15 Å². The molecule has 0 bridgehead atoms. The van der Waals surface area contributed by atoms with Crippen molar-refractivity contribution in [1.82, 2.24) is 9.88 Å². The lowest BCUT2D eigenvalue weighted by atomic mass is 9.90. The van der Waals surface area contributed by atoms with Crippen molar-refractivity contribution in [2.24, 2.45) is 0 Å². The van der Waals surface area contributed by atoms with E-state index in [1.165, 1.54) is 0 Å². The van der Waals surface area contributed by atoms with Crippen molar-refractivity contribution < 1.29 is 4.79 Å². The summed E-state index contributed by atoms with van der Waals surface area (Å²) in [6, 6.07) is 5.80. The molecule has 1 aromatic rings. The molecule has 1 saturated carbocycles. The molecule has 4 nitrogen and oxygen atoms in total. The van der Waals surface area contributed by atoms with E-state index in [0.29, 0.717) is 23.7 Å². The smallest absolute Gasteiger partial charge is 0.254 e. The molecule has 0 atom stereocenters. The van der Waals surface area contributed by atoms with Crippen LogP contribution in [0.2, 0.25) is 5.15 Å². The number of carbonyl (C=O) groups is 1. The molecule has 1 amide bonds. The predicted molar refractivity (Wildman–Crippen MR) is 82.2 cm³/mol. The van der Waals surface area contributed by atoms with Crippen LogP contribution in [-0.4, -0.2) is 28.4 Å². The summed E-state index contributed by atoms with van der Waals surface area (Å²) in [4.78, 5) is 18.8. The molecular formula is C16H20ClN3O. The van der Waals surface area contributed by atoms with Crippen LogP contribution < -0.4 is 0 Å². The third-order valence-corrected chi connectivity index (χ3v) is 3.72. The average molecular weight is 306 g/mol. The van der Waals surface area contributed by atoms with Gasteiger partial charge in [-0.05, 0) is 25.0 Å². The highest BCUT2D eigenvalue weighted by Crippen LogP contribution is 2.30. The number of halogens is 1. The van der Waals surface area contributed by atoms with E-state index in [1.807, 2.05) is 26.8 Å². The van der Waals surface area contributed by atoms with Crippen LogP contribution in [0.4, 0.5) is 0 Å². The summed E-state index contributed by atoms with van der Waals surface area (Å²) in [5.41, 5.74) is 1.19. The summed E-state index contributed by atoms with van der Waals surface area (Å²) >= 11 is 6.07. The lowest BCUT2D eigenvalue weighted by Gasteiger charge is -2.23. The van der Waals surface area contributed by atoms with Gasteiger partial charge >= 0.3 is 0 Å². The Balaban J connectivity index is 2.29. The molecule has 0 radical (unpaired) electrons. The highest BCUT2D eigenvalue weighted by Gasteiger charge is 2.33. The Bertz CT molecular complexity index is 582. The van der Waals surface area contributed by atoms with Gasteiger partial charge in [0.15, 0.2) is 0 Å². The van der Waals surface area contributed by atoms with Crippen molar-refractivity contribution in [2.45, 2.75) is 51.5 Å². The third-order valence-electron chi connectivity index (χ3n) is 3.52. The van der Waals surface area contributed by atoms with Crippen molar-refractivity contribution in [2.75, 3.05) is 6.54 Å². The van der Waals surface area contributed by atoms with E-state index in [9.17, 15) is 4.79 Å². The second-order valence-electron chi connectivity index (χ2n) is 6.45. The number of carbonyl (C=O) groups excluding carboxylic acids is 1. The monoisotopic (exact) mass is 305 g/mol. The Morgan fingerprint density at radius 2 is 2.14 bits per heavy atom. The van der Waals surface area contributed by atoms with Crippen LogP contribution in [0.25, 0.3) is 0 Å². The largest absolute Gasteiger partial charge is 0.335 e. The second-order valence-corrected chi connectivity index (χ2v) is 6.84. The number of pyridine rings is 1. The second kappa shape index (κ2) is 6.03. The number of hydrogen-bond donors (Lipinski definition) is 0. The van der Waals surface area contributed by atoms with Crippen LogP contribution in [0.1, 0.15) is 56.1 Å². The molecule has 1 aliphatic carbocycles. The topological polar surface area (TPSA) is 57.0 Å². The first kappa shape index (κ1) is 15.8. The molecule has 2 rings (SSSR count). The zero-order valence-corrected chi connectivity index (χ0v) is 13.4. The van der Waals surface area contributed by atoms with Crippen molar-refractivity contribution in [3.63, 3.8) is 0 Å². The molecule has 0 unspecified atom stereocenters.